The number of ketones is 1. The van der Waals surface area contributed by atoms with E-state index >= 15 is 0 Å². The molecule has 0 bridgehead atoms. The SMILES string of the molecule is CC[C@H](C)OC(=O)C1=C(C)NC(C)=C(C(C)=O)[C@H]1c1cccc2c(=O)cc(C)oc12. The van der Waals surface area contributed by atoms with Crippen molar-refractivity contribution in [3.8, 4) is 0 Å². The van der Waals surface area contributed by atoms with E-state index in [9.17, 15) is 14.4 Å². The van der Waals surface area contributed by atoms with Crippen molar-refractivity contribution in [3.63, 3.8) is 0 Å². The monoisotopic (exact) mass is 409 g/mol. The summed E-state index contributed by atoms with van der Waals surface area (Å²) in [6, 6.07) is 6.65. The van der Waals surface area contributed by atoms with E-state index in [2.05, 4.69) is 5.32 Å². The molecule has 0 saturated heterocycles. The van der Waals surface area contributed by atoms with Crippen LogP contribution in [0, 0.1) is 6.92 Å². The van der Waals surface area contributed by atoms with Crippen LogP contribution in [0.4, 0.5) is 0 Å². The van der Waals surface area contributed by atoms with Gasteiger partial charge in [0.05, 0.1) is 23.0 Å². The molecule has 0 saturated carbocycles. The van der Waals surface area contributed by atoms with Crippen molar-refractivity contribution in [3.05, 3.63) is 68.4 Å². The molecule has 1 aromatic carbocycles. The fourth-order valence-corrected chi connectivity index (χ4v) is 3.92. The van der Waals surface area contributed by atoms with Crippen LogP contribution in [0.5, 0.6) is 0 Å². The Hall–Kier alpha value is -3.15. The quantitative estimate of drug-likeness (QED) is 0.743. The second-order valence-electron chi connectivity index (χ2n) is 7.76. The van der Waals surface area contributed by atoms with E-state index in [1.807, 2.05) is 13.8 Å². The van der Waals surface area contributed by atoms with Crippen molar-refractivity contribution < 1.29 is 18.7 Å². The van der Waals surface area contributed by atoms with Gasteiger partial charge in [0, 0.05) is 28.6 Å². The highest BCUT2D eigenvalue weighted by molar-refractivity contribution is 6.03. The van der Waals surface area contributed by atoms with Crippen LogP contribution >= 0.6 is 0 Å². The molecule has 30 heavy (non-hydrogen) atoms. The predicted octanol–water partition coefficient (Wildman–Crippen LogP) is 4.27. The van der Waals surface area contributed by atoms with Crippen molar-refractivity contribution >= 4 is 22.7 Å². The Morgan fingerprint density at radius 1 is 1.17 bits per heavy atom. The van der Waals surface area contributed by atoms with E-state index in [0.717, 1.165) is 0 Å². The number of fused-ring (bicyclic) bond motifs is 1. The van der Waals surface area contributed by atoms with Gasteiger partial charge < -0.3 is 14.5 Å². The maximum atomic E-state index is 13.2. The summed E-state index contributed by atoms with van der Waals surface area (Å²) in [4.78, 5) is 38.3. The molecule has 2 heterocycles. The van der Waals surface area contributed by atoms with Gasteiger partial charge in [0.15, 0.2) is 11.2 Å². The highest BCUT2D eigenvalue weighted by Gasteiger charge is 2.37. The summed E-state index contributed by atoms with van der Waals surface area (Å²) in [5, 5.41) is 3.56. The van der Waals surface area contributed by atoms with Gasteiger partial charge in [0.1, 0.15) is 11.3 Å². The van der Waals surface area contributed by atoms with E-state index in [-0.39, 0.29) is 17.3 Å². The topological polar surface area (TPSA) is 85.6 Å². The van der Waals surface area contributed by atoms with E-state index in [1.54, 1.807) is 39.0 Å². The molecule has 1 aliphatic heterocycles. The summed E-state index contributed by atoms with van der Waals surface area (Å²) in [5.74, 6) is -0.895. The van der Waals surface area contributed by atoms with Crippen molar-refractivity contribution in [2.45, 2.75) is 60.0 Å². The molecule has 1 aromatic heterocycles. The van der Waals surface area contributed by atoms with E-state index in [0.29, 0.717) is 51.3 Å². The second kappa shape index (κ2) is 8.30. The lowest BCUT2D eigenvalue weighted by Crippen LogP contribution is -2.32. The molecule has 0 fully saturated rings. The first-order valence-corrected chi connectivity index (χ1v) is 10.1. The van der Waals surface area contributed by atoms with E-state index in [1.165, 1.54) is 13.0 Å². The Bertz CT molecular complexity index is 1150. The maximum absolute atomic E-state index is 13.2. The average Bonchev–Trinajstić information content (AvgIpc) is 2.66. The molecule has 6 nitrogen and oxygen atoms in total. The van der Waals surface area contributed by atoms with Crippen molar-refractivity contribution in [1.29, 1.82) is 0 Å². The van der Waals surface area contributed by atoms with Gasteiger partial charge in [-0.05, 0) is 47.1 Å². The Balaban J connectivity index is 2.32. The molecule has 1 aliphatic rings. The molecule has 1 N–H and O–H groups in total. The number of dihydropyridines is 1. The summed E-state index contributed by atoms with van der Waals surface area (Å²) in [5.41, 5.74) is 2.88. The maximum Gasteiger partial charge on any atom is 0.337 e. The molecular weight excluding hydrogens is 382 g/mol. The Kier molecular flexibility index (Phi) is 5.97. The summed E-state index contributed by atoms with van der Waals surface area (Å²) < 4.78 is 11.5. The summed E-state index contributed by atoms with van der Waals surface area (Å²) in [7, 11) is 0. The standard InChI is InChI=1S/C24H27NO5/c1-7-12(2)30-24(28)21-15(5)25-14(4)20(16(6)26)22(21)18-10-8-9-17-19(27)11-13(3)29-23(17)18/h8-12,22,25H,7H2,1-6H3/t12-,22+/m0/s1. The fraction of sp³-hybridized carbons (Fsp3) is 0.375. The van der Waals surface area contributed by atoms with Gasteiger partial charge in [-0.3, -0.25) is 9.59 Å². The lowest BCUT2D eigenvalue weighted by molar-refractivity contribution is -0.143. The smallest absolute Gasteiger partial charge is 0.337 e. The van der Waals surface area contributed by atoms with Crippen LogP contribution in [-0.4, -0.2) is 17.9 Å². The van der Waals surface area contributed by atoms with Crippen molar-refractivity contribution in [2.75, 3.05) is 0 Å². The van der Waals surface area contributed by atoms with Crippen LogP contribution in [0.3, 0.4) is 0 Å². The van der Waals surface area contributed by atoms with Crippen LogP contribution in [-0.2, 0) is 14.3 Å². The number of allylic oxidation sites excluding steroid dienone is 3. The van der Waals surface area contributed by atoms with Gasteiger partial charge in [-0.25, -0.2) is 4.79 Å². The Morgan fingerprint density at radius 3 is 2.47 bits per heavy atom. The minimum atomic E-state index is -0.700. The molecular formula is C24H27NO5. The lowest BCUT2D eigenvalue weighted by atomic mass is 9.78. The summed E-state index contributed by atoms with van der Waals surface area (Å²) in [6.07, 6.45) is 0.409. The fourth-order valence-electron chi connectivity index (χ4n) is 3.92. The number of benzene rings is 1. The first-order chi connectivity index (χ1) is 14.1. The number of Topliss-reactive ketones (excluding diaryl/α,β-unsaturated/α-hetero) is 1. The minimum absolute atomic E-state index is 0.168. The van der Waals surface area contributed by atoms with E-state index in [4.69, 9.17) is 9.15 Å². The van der Waals surface area contributed by atoms with Crippen LogP contribution < -0.4 is 10.7 Å². The highest BCUT2D eigenvalue weighted by Crippen LogP contribution is 2.41. The Morgan fingerprint density at radius 2 is 1.83 bits per heavy atom. The van der Waals surface area contributed by atoms with Crippen LogP contribution in [0.15, 0.2) is 56.0 Å². The number of esters is 1. The van der Waals surface area contributed by atoms with E-state index < -0.39 is 11.9 Å². The number of rotatable bonds is 5. The molecule has 0 aliphatic carbocycles. The second-order valence-corrected chi connectivity index (χ2v) is 7.76. The average molecular weight is 409 g/mol. The molecule has 3 rings (SSSR count). The number of ether oxygens (including phenoxy) is 1. The number of carbonyl (C=O) groups is 2. The number of hydrogen-bond acceptors (Lipinski definition) is 6. The molecule has 2 aromatic rings. The zero-order valence-corrected chi connectivity index (χ0v) is 18.2. The Labute approximate surface area is 175 Å². The molecule has 6 heteroatoms. The van der Waals surface area contributed by atoms with Crippen LogP contribution in [0.2, 0.25) is 0 Å². The van der Waals surface area contributed by atoms with Gasteiger partial charge in [0.2, 0.25) is 0 Å². The van der Waals surface area contributed by atoms with Gasteiger partial charge >= 0.3 is 5.97 Å². The third kappa shape index (κ3) is 3.82. The third-order valence-electron chi connectivity index (χ3n) is 5.46. The van der Waals surface area contributed by atoms with Gasteiger partial charge in [0.25, 0.3) is 0 Å². The first kappa shape index (κ1) is 21.6. The molecule has 2 atom stereocenters. The zero-order chi connectivity index (χ0) is 22.2. The number of nitrogens with one attached hydrogen (secondary N) is 1. The molecule has 0 unspecified atom stereocenters. The molecule has 0 spiro atoms. The zero-order valence-electron chi connectivity index (χ0n) is 18.2. The molecule has 0 radical (unpaired) electrons. The largest absolute Gasteiger partial charge is 0.461 e. The minimum Gasteiger partial charge on any atom is -0.461 e. The normalized spacial score (nSPS) is 17.7. The van der Waals surface area contributed by atoms with Crippen molar-refractivity contribution in [1.82, 2.24) is 5.32 Å². The molecule has 0 amide bonds. The third-order valence-corrected chi connectivity index (χ3v) is 5.46. The van der Waals surface area contributed by atoms with Gasteiger partial charge in [-0.1, -0.05) is 19.1 Å². The summed E-state index contributed by atoms with van der Waals surface area (Å²) in [6.45, 7) is 10.5. The first-order valence-electron chi connectivity index (χ1n) is 10.1. The number of carbonyl (C=O) groups excluding carboxylic acids is 2. The van der Waals surface area contributed by atoms with Gasteiger partial charge in [-0.15, -0.1) is 0 Å². The highest BCUT2D eigenvalue weighted by atomic mass is 16.5. The number of para-hydroxylation sites is 1. The van der Waals surface area contributed by atoms with Crippen LogP contribution in [0.1, 0.15) is 58.3 Å². The lowest BCUT2D eigenvalue weighted by Gasteiger charge is -2.31. The van der Waals surface area contributed by atoms with Crippen molar-refractivity contribution in [2.24, 2.45) is 0 Å². The number of aryl methyl sites for hydroxylation is 1. The van der Waals surface area contributed by atoms with Gasteiger partial charge in [-0.2, -0.15) is 0 Å². The van der Waals surface area contributed by atoms with Crippen LogP contribution in [0.25, 0.3) is 11.0 Å². The molecule has 158 valence electrons. The number of hydrogen-bond donors (Lipinski definition) is 1. The summed E-state index contributed by atoms with van der Waals surface area (Å²) >= 11 is 0. The predicted molar refractivity (Wildman–Crippen MR) is 115 cm³/mol.